The first-order chi connectivity index (χ1) is 18.6. The summed E-state index contributed by atoms with van der Waals surface area (Å²) in [6.45, 7) is 2.03. The van der Waals surface area contributed by atoms with Crippen LogP contribution < -0.4 is 10.1 Å². The molecule has 0 spiro atoms. The summed E-state index contributed by atoms with van der Waals surface area (Å²) >= 11 is 1.71. The molecule has 0 radical (unpaired) electrons. The number of carbonyl (C=O) groups excluding carboxylic acids is 1. The average Bonchev–Trinajstić information content (AvgIpc) is 3.34. The maximum Gasteiger partial charge on any atom is 0.343 e. The standard InChI is InChI=1S/C30H28N4O3S/c1-3-20-9-14-26-27(16-20)38-28(34-26)18-24-17-23(15-21-7-5-4-6-8-21)32-30(33-24)31-22-10-12-25(13-11-22)37-19-29(35)36-2/h4-14,16-17H,3,15,18-19H2,1-2H3,(H,31,32,33). The van der Waals surface area contributed by atoms with Gasteiger partial charge < -0.3 is 14.8 Å². The maximum absolute atomic E-state index is 11.3. The van der Waals surface area contributed by atoms with Gasteiger partial charge in [0.15, 0.2) is 6.61 Å². The second kappa shape index (κ2) is 11.8. The first-order valence-electron chi connectivity index (χ1n) is 12.4. The van der Waals surface area contributed by atoms with Crippen molar-refractivity contribution in [3.8, 4) is 5.75 Å². The van der Waals surface area contributed by atoms with Crippen molar-refractivity contribution < 1.29 is 14.3 Å². The summed E-state index contributed by atoms with van der Waals surface area (Å²) in [5.74, 6) is 0.663. The second-order valence-electron chi connectivity index (χ2n) is 8.79. The number of nitrogens with zero attached hydrogens (tertiary/aromatic N) is 3. The summed E-state index contributed by atoms with van der Waals surface area (Å²) in [5, 5.41) is 4.34. The minimum atomic E-state index is -0.428. The smallest absolute Gasteiger partial charge is 0.343 e. The summed E-state index contributed by atoms with van der Waals surface area (Å²) in [6, 6.07) is 26.1. The van der Waals surface area contributed by atoms with Gasteiger partial charge in [0.25, 0.3) is 0 Å². The molecule has 0 amide bonds. The largest absolute Gasteiger partial charge is 0.482 e. The summed E-state index contributed by atoms with van der Waals surface area (Å²) in [4.78, 5) is 25.8. The molecule has 0 unspecified atom stereocenters. The Morgan fingerprint density at radius 1 is 0.868 bits per heavy atom. The molecule has 0 aliphatic heterocycles. The van der Waals surface area contributed by atoms with Crippen molar-refractivity contribution in [2.24, 2.45) is 0 Å². The predicted molar refractivity (Wildman–Crippen MR) is 150 cm³/mol. The number of anilines is 2. The molecule has 0 saturated carbocycles. The highest BCUT2D eigenvalue weighted by atomic mass is 32.1. The zero-order chi connectivity index (χ0) is 26.3. The van der Waals surface area contributed by atoms with E-state index < -0.39 is 5.97 Å². The van der Waals surface area contributed by atoms with Gasteiger partial charge in [-0.05, 0) is 60.0 Å². The lowest BCUT2D eigenvalue weighted by atomic mass is 10.1. The zero-order valence-corrected chi connectivity index (χ0v) is 22.1. The monoisotopic (exact) mass is 524 g/mol. The molecular formula is C30H28N4O3S. The molecule has 7 nitrogen and oxygen atoms in total. The maximum atomic E-state index is 11.3. The minimum absolute atomic E-state index is 0.136. The predicted octanol–water partition coefficient (Wildman–Crippen LogP) is 6.13. The third-order valence-electron chi connectivity index (χ3n) is 5.99. The van der Waals surface area contributed by atoms with Gasteiger partial charge in [-0.25, -0.2) is 19.7 Å². The van der Waals surface area contributed by atoms with Crippen LogP contribution in [-0.4, -0.2) is 34.6 Å². The first kappa shape index (κ1) is 25.4. The number of fused-ring (bicyclic) bond motifs is 1. The number of esters is 1. The molecular weight excluding hydrogens is 496 g/mol. The van der Waals surface area contributed by atoms with Gasteiger partial charge in [-0.3, -0.25) is 0 Å². The molecule has 5 rings (SSSR count). The van der Waals surface area contributed by atoms with E-state index >= 15 is 0 Å². The van der Waals surface area contributed by atoms with Crippen LogP contribution in [0.25, 0.3) is 10.2 Å². The van der Waals surface area contributed by atoms with Crippen LogP contribution in [0.4, 0.5) is 11.6 Å². The Bertz CT molecular complexity index is 1530. The Hall–Kier alpha value is -4.30. The van der Waals surface area contributed by atoms with Crippen LogP contribution in [0.5, 0.6) is 5.75 Å². The van der Waals surface area contributed by atoms with Crippen LogP contribution in [0.2, 0.25) is 0 Å². The molecule has 38 heavy (non-hydrogen) atoms. The van der Waals surface area contributed by atoms with Crippen molar-refractivity contribution in [1.82, 2.24) is 15.0 Å². The van der Waals surface area contributed by atoms with Gasteiger partial charge >= 0.3 is 5.97 Å². The summed E-state index contributed by atoms with van der Waals surface area (Å²) < 4.78 is 11.2. The van der Waals surface area contributed by atoms with Crippen LogP contribution >= 0.6 is 11.3 Å². The Morgan fingerprint density at radius 2 is 1.63 bits per heavy atom. The van der Waals surface area contributed by atoms with Crippen molar-refractivity contribution >= 4 is 39.2 Å². The van der Waals surface area contributed by atoms with E-state index in [0.717, 1.165) is 34.0 Å². The number of aryl methyl sites for hydroxylation is 1. The topological polar surface area (TPSA) is 86.2 Å². The number of carbonyl (C=O) groups is 1. The zero-order valence-electron chi connectivity index (χ0n) is 21.3. The molecule has 0 fully saturated rings. The van der Waals surface area contributed by atoms with Crippen molar-refractivity contribution in [2.45, 2.75) is 26.2 Å². The van der Waals surface area contributed by atoms with Crippen LogP contribution in [0.15, 0.2) is 78.9 Å². The Balaban J connectivity index is 1.39. The van der Waals surface area contributed by atoms with Crippen molar-refractivity contribution in [3.05, 3.63) is 106 Å². The lowest BCUT2D eigenvalue weighted by Crippen LogP contribution is -2.12. The molecule has 0 saturated heterocycles. The van der Waals surface area contributed by atoms with Gasteiger partial charge in [-0.15, -0.1) is 11.3 Å². The van der Waals surface area contributed by atoms with Gasteiger partial charge in [0.05, 0.1) is 33.7 Å². The fourth-order valence-corrected chi connectivity index (χ4v) is 5.07. The fourth-order valence-electron chi connectivity index (χ4n) is 4.03. The molecule has 0 aliphatic carbocycles. The molecule has 0 atom stereocenters. The van der Waals surface area contributed by atoms with Crippen molar-refractivity contribution in [2.75, 3.05) is 19.0 Å². The number of aromatic nitrogens is 3. The highest BCUT2D eigenvalue weighted by Gasteiger charge is 2.11. The highest BCUT2D eigenvalue weighted by molar-refractivity contribution is 7.18. The molecule has 1 N–H and O–H groups in total. The van der Waals surface area contributed by atoms with E-state index in [1.807, 2.05) is 30.3 Å². The average molecular weight is 525 g/mol. The summed E-state index contributed by atoms with van der Waals surface area (Å²) in [5.41, 5.74) is 6.16. The molecule has 2 aromatic heterocycles. The van der Waals surface area contributed by atoms with E-state index in [0.29, 0.717) is 24.5 Å². The van der Waals surface area contributed by atoms with E-state index in [2.05, 4.69) is 53.4 Å². The third kappa shape index (κ3) is 6.52. The molecule has 0 aliphatic rings. The van der Waals surface area contributed by atoms with Gasteiger partial charge in [0, 0.05) is 18.5 Å². The van der Waals surface area contributed by atoms with E-state index in [1.54, 1.807) is 23.5 Å². The van der Waals surface area contributed by atoms with Crippen LogP contribution in [0.3, 0.4) is 0 Å². The Morgan fingerprint density at radius 3 is 2.37 bits per heavy atom. The van der Waals surface area contributed by atoms with Gasteiger partial charge in [0.2, 0.25) is 5.95 Å². The van der Waals surface area contributed by atoms with E-state index in [-0.39, 0.29) is 6.61 Å². The fraction of sp³-hybridized carbons (Fsp3) is 0.200. The van der Waals surface area contributed by atoms with Crippen molar-refractivity contribution in [1.29, 1.82) is 0 Å². The lowest BCUT2D eigenvalue weighted by molar-refractivity contribution is -0.142. The summed E-state index contributed by atoms with van der Waals surface area (Å²) in [7, 11) is 1.33. The number of rotatable bonds is 10. The van der Waals surface area contributed by atoms with Gasteiger partial charge in [-0.2, -0.15) is 0 Å². The number of methoxy groups -OCH3 is 1. The third-order valence-corrected chi connectivity index (χ3v) is 7.01. The van der Waals surface area contributed by atoms with Gasteiger partial charge in [-0.1, -0.05) is 43.3 Å². The molecule has 5 aromatic rings. The summed E-state index contributed by atoms with van der Waals surface area (Å²) in [6.07, 6.45) is 2.33. The van der Waals surface area contributed by atoms with Crippen LogP contribution in [-0.2, 0) is 28.8 Å². The van der Waals surface area contributed by atoms with Gasteiger partial charge in [0.1, 0.15) is 5.75 Å². The molecule has 0 bridgehead atoms. The van der Waals surface area contributed by atoms with E-state index in [1.165, 1.54) is 22.9 Å². The number of nitrogens with one attached hydrogen (secondary N) is 1. The van der Waals surface area contributed by atoms with Crippen LogP contribution in [0.1, 0.15) is 34.4 Å². The number of benzene rings is 3. The molecule has 2 heterocycles. The Labute approximate surface area is 225 Å². The van der Waals surface area contributed by atoms with E-state index in [9.17, 15) is 4.79 Å². The van der Waals surface area contributed by atoms with E-state index in [4.69, 9.17) is 19.7 Å². The number of hydrogen-bond acceptors (Lipinski definition) is 8. The highest BCUT2D eigenvalue weighted by Crippen LogP contribution is 2.26. The Kier molecular flexibility index (Phi) is 7.89. The molecule has 8 heteroatoms. The first-order valence-corrected chi connectivity index (χ1v) is 13.3. The number of thiazole rings is 1. The quantitative estimate of drug-likeness (QED) is 0.220. The second-order valence-corrected chi connectivity index (χ2v) is 9.91. The SMILES string of the molecule is CCc1ccc2nc(Cc3cc(Cc4ccccc4)nc(Nc4ccc(OCC(=O)OC)cc4)n3)sc2c1. The normalized spacial score (nSPS) is 10.9. The lowest BCUT2D eigenvalue weighted by Gasteiger charge is -2.11. The number of ether oxygens (including phenoxy) is 2. The molecule has 192 valence electrons. The molecule has 3 aromatic carbocycles. The minimum Gasteiger partial charge on any atom is -0.482 e. The number of hydrogen-bond donors (Lipinski definition) is 1. The van der Waals surface area contributed by atoms with Crippen LogP contribution in [0, 0.1) is 0 Å². The van der Waals surface area contributed by atoms with Crippen molar-refractivity contribution in [3.63, 3.8) is 0 Å².